The van der Waals surface area contributed by atoms with Crippen molar-refractivity contribution in [3.63, 3.8) is 0 Å². The molecule has 0 aromatic carbocycles. The van der Waals surface area contributed by atoms with Crippen LogP contribution in [0.4, 0.5) is 0 Å². The Hall–Kier alpha value is -0.220. The second-order valence-corrected chi connectivity index (χ2v) is 9.52. The zero-order valence-corrected chi connectivity index (χ0v) is 14.7. The lowest BCUT2D eigenvalue weighted by molar-refractivity contribution is -0.0401. The Kier molecular flexibility index (Phi) is 9.63. The summed E-state index contributed by atoms with van der Waals surface area (Å²) in [6, 6.07) is 0. The number of rotatable bonds is 12. The molecule has 0 saturated heterocycles. The summed E-state index contributed by atoms with van der Waals surface area (Å²) in [5.41, 5.74) is 0. The van der Waals surface area contributed by atoms with Crippen molar-refractivity contribution in [2.24, 2.45) is 0 Å². The van der Waals surface area contributed by atoms with Crippen molar-refractivity contribution < 1.29 is 31.0 Å². The molecule has 0 heterocycles. The molecule has 0 N–H and O–H groups in total. The smallest absolute Gasteiger partial charge is 0.153 e. The molecule has 0 aliphatic heterocycles. The molecule has 0 bridgehead atoms. The van der Waals surface area contributed by atoms with Gasteiger partial charge in [0.2, 0.25) is 0 Å². The van der Waals surface area contributed by atoms with Crippen LogP contribution in [0.5, 0.6) is 0 Å². The third-order valence-corrected chi connectivity index (χ3v) is 5.42. The topological polar surface area (TPSA) is 96.0 Å². The van der Waals surface area contributed by atoms with Crippen molar-refractivity contribution in [1.29, 1.82) is 0 Å². The highest BCUT2D eigenvalue weighted by atomic mass is 32.2. The molecule has 7 nitrogen and oxygen atoms in total. The van der Waals surface area contributed by atoms with E-state index in [1.165, 1.54) is 7.11 Å². The molecule has 0 saturated carbocycles. The number of ether oxygens (including phenoxy) is 3. The van der Waals surface area contributed by atoms with Gasteiger partial charge in [-0.05, 0) is 6.42 Å². The van der Waals surface area contributed by atoms with Gasteiger partial charge in [-0.25, -0.2) is 16.8 Å². The Labute approximate surface area is 127 Å². The summed E-state index contributed by atoms with van der Waals surface area (Å²) in [5.74, 6) is -0.449. The van der Waals surface area contributed by atoms with Gasteiger partial charge in [0.1, 0.15) is 15.9 Å². The quantitative estimate of drug-likeness (QED) is 0.455. The van der Waals surface area contributed by atoms with Crippen molar-refractivity contribution >= 4 is 19.7 Å². The molecule has 0 rings (SSSR count). The third-order valence-electron chi connectivity index (χ3n) is 2.69. The van der Waals surface area contributed by atoms with Crippen LogP contribution < -0.4 is 0 Å². The van der Waals surface area contributed by atoms with E-state index in [9.17, 15) is 16.8 Å². The maximum Gasteiger partial charge on any atom is 0.153 e. The van der Waals surface area contributed by atoms with E-state index in [4.69, 9.17) is 14.2 Å². The minimum atomic E-state index is -3.50. The minimum absolute atomic E-state index is 0.149. The lowest BCUT2D eigenvalue weighted by atomic mass is 10.4. The first-order chi connectivity index (χ1) is 9.60. The van der Waals surface area contributed by atoms with Gasteiger partial charge in [-0.15, -0.1) is 0 Å². The van der Waals surface area contributed by atoms with E-state index in [-0.39, 0.29) is 19.3 Å². The van der Waals surface area contributed by atoms with Gasteiger partial charge < -0.3 is 14.2 Å². The summed E-state index contributed by atoms with van der Waals surface area (Å²) in [5, 5.41) is -1.07. The lowest BCUT2D eigenvalue weighted by Gasteiger charge is -2.18. The maximum atomic E-state index is 11.6. The van der Waals surface area contributed by atoms with Crippen LogP contribution in [0.15, 0.2) is 0 Å². The summed E-state index contributed by atoms with van der Waals surface area (Å²) >= 11 is 0. The zero-order chi connectivity index (χ0) is 16.5. The van der Waals surface area contributed by atoms with Crippen molar-refractivity contribution in [3.05, 3.63) is 0 Å². The minimum Gasteiger partial charge on any atom is -0.379 e. The first kappa shape index (κ1) is 20.8. The highest BCUT2D eigenvalue weighted by Gasteiger charge is 2.26. The van der Waals surface area contributed by atoms with E-state index < -0.39 is 30.7 Å². The van der Waals surface area contributed by atoms with Crippen LogP contribution in [0, 0.1) is 0 Å². The van der Waals surface area contributed by atoms with Crippen LogP contribution in [0.1, 0.15) is 13.3 Å². The predicted molar refractivity (Wildman–Crippen MR) is 81.1 cm³/mol. The van der Waals surface area contributed by atoms with E-state index >= 15 is 0 Å². The zero-order valence-electron chi connectivity index (χ0n) is 13.1. The number of hydrogen-bond acceptors (Lipinski definition) is 7. The summed E-state index contributed by atoms with van der Waals surface area (Å²) in [4.78, 5) is 0. The molecule has 0 aliphatic carbocycles. The average Bonchev–Trinajstić information content (AvgIpc) is 2.33. The molecule has 21 heavy (non-hydrogen) atoms. The molecule has 9 heteroatoms. The Morgan fingerprint density at radius 3 is 1.95 bits per heavy atom. The highest BCUT2D eigenvalue weighted by Crippen LogP contribution is 2.05. The van der Waals surface area contributed by atoms with E-state index in [1.54, 1.807) is 0 Å². The summed E-state index contributed by atoms with van der Waals surface area (Å²) < 4.78 is 61.4. The SMILES string of the molecule is CCCOCC(COCC(CS(C)(=O)=O)S(C)(=O)=O)OC. The fourth-order valence-corrected chi connectivity index (χ4v) is 4.35. The second kappa shape index (κ2) is 9.73. The van der Waals surface area contributed by atoms with Gasteiger partial charge in [0.15, 0.2) is 9.84 Å². The first-order valence-electron chi connectivity index (χ1n) is 6.65. The molecular formula is C12H26O7S2. The van der Waals surface area contributed by atoms with Crippen molar-refractivity contribution in [2.75, 3.05) is 51.8 Å². The molecule has 0 fully saturated rings. The van der Waals surface area contributed by atoms with Gasteiger partial charge >= 0.3 is 0 Å². The van der Waals surface area contributed by atoms with Crippen LogP contribution in [-0.2, 0) is 33.9 Å². The molecule has 2 unspecified atom stereocenters. The van der Waals surface area contributed by atoms with Crippen molar-refractivity contribution in [1.82, 2.24) is 0 Å². The molecule has 128 valence electrons. The molecule has 0 spiro atoms. The summed E-state index contributed by atoms with van der Waals surface area (Å²) in [6.45, 7) is 2.91. The standard InChI is InChI=1S/C12H26O7S2/c1-5-6-18-7-11(17-2)8-19-9-12(21(4,15)16)10-20(3,13)14/h11-12H,5-10H2,1-4H3. The Morgan fingerprint density at radius 1 is 0.952 bits per heavy atom. The van der Waals surface area contributed by atoms with Crippen LogP contribution in [0.3, 0.4) is 0 Å². The summed E-state index contributed by atoms with van der Waals surface area (Å²) in [6.07, 6.45) is 2.59. The predicted octanol–water partition coefficient (Wildman–Crippen LogP) is -0.0976. The fraction of sp³-hybridized carbons (Fsp3) is 1.00. The van der Waals surface area contributed by atoms with E-state index in [2.05, 4.69) is 0 Å². The number of methoxy groups -OCH3 is 1. The van der Waals surface area contributed by atoms with Gasteiger partial charge in [0.05, 0.1) is 30.8 Å². The van der Waals surface area contributed by atoms with Crippen LogP contribution in [0.2, 0.25) is 0 Å². The van der Waals surface area contributed by atoms with Crippen LogP contribution >= 0.6 is 0 Å². The van der Waals surface area contributed by atoms with E-state index in [0.717, 1.165) is 18.9 Å². The summed E-state index contributed by atoms with van der Waals surface area (Å²) in [7, 11) is -5.39. The molecule has 0 amide bonds. The van der Waals surface area contributed by atoms with E-state index in [1.807, 2.05) is 6.92 Å². The normalized spacial score (nSPS) is 15.8. The van der Waals surface area contributed by atoms with E-state index in [0.29, 0.717) is 13.2 Å². The largest absolute Gasteiger partial charge is 0.379 e. The molecule has 0 aromatic rings. The number of hydrogen-bond donors (Lipinski definition) is 0. The highest BCUT2D eigenvalue weighted by molar-refractivity contribution is 7.94. The Balaban J connectivity index is 4.36. The lowest BCUT2D eigenvalue weighted by Crippen LogP contribution is -2.35. The van der Waals surface area contributed by atoms with Gasteiger partial charge in [0, 0.05) is 26.2 Å². The molecule has 0 aromatic heterocycles. The first-order valence-corrected chi connectivity index (χ1v) is 10.7. The molecule has 2 atom stereocenters. The van der Waals surface area contributed by atoms with Crippen molar-refractivity contribution in [2.45, 2.75) is 24.7 Å². The van der Waals surface area contributed by atoms with Crippen LogP contribution in [-0.4, -0.2) is 80.0 Å². The average molecular weight is 346 g/mol. The Morgan fingerprint density at radius 2 is 1.52 bits per heavy atom. The second-order valence-electron chi connectivity index (χ2n) is 5.01. The monoisotopic (exact) mass is 346 g/mol. The van der Waals surface area contributed by atoms with Gasteiger partial charge in [-0.2, -0.15) is 0 Å². The Bertz CT molecular complexity index is 470. The third kappa shape index (κ3) is 11.1. The van der Waals surface area contributed by atoms with Gasteiger partial charge in [-0.1, -0.05) is 6.92 Å². The maximum absolute atomic E-state index is 11.6. The van der Waals surface area contributed by atoms with Crippen LogP contribution in [0.25, 0.3) is 0 Å². The molecule has 0 aliphatic rings. The van der Waals surface area contributed by atoms with Gasteiger partial charge in [-0.3, -0.25) is 0 Å². The fourth-order valence-electron chi connectivity index (χ4n) is 1.51. The van der Waals surface area contributed by atoms with Crippen molar-refractivity contribution in [3.8, 4) is 0 Å². The van der Waals surface area contributed by atoms with Gasteiger partial charge in [0.25, 0.3) is 0 Å². The number of sulfone groups is 2. The molecule has 0 radical (unpaired) electrons. The molecular weight excluding hydrogens is 320 g/mol.